The molecule has 0 aliphatic carbocycles. The second-order valence-electron chi connectivity index (χ2n) is 5.39. The van der Waals surface area contributed by atoms with Crippen LogP contribution in [0.1, 0.15) is 16.7 Å². The van der Waals surface area contributed by atoms with Gasteiger partial charge in [-0.05, 0) is 42.7 Å². The highest BCUT2D eigenvalue weighted by atomic mass is 32.3. The summed E-state index contributed by atoms with van der Waals surface area (Å²) in [5.41, 5.74) is 1.88. The molecule has 0 bridgehead atoms. The van der Waals surface area contributed by atoms with Crippen LogP contribution >= 0.6 is 0 Å². The second kappa shape index (κ2) is 5.62. The minimum absolute atomic E-state index is 0.251. The van der Waals surface area contributed by atoms with Gasteiger partial charge in [0, 0.05) is 16.5 Å². The molecule has 0 spiro atoms. The number of benzene rings is 2. The monoisotopic (exact) mass is 331 g/mol. The minimum atomic E-state index is -4.86. The number of rotatable bonds is 3. The van der Waals surface area contributed by atoms with Gasteiger partial charge in [0.2, 0.25) is 0 Å². The van der Waals surface area contributed by atoms with Gasteiger partial charge in [-0.1, -0.05) is 30.3 Å². The third-order valence-electron chi connectivity index (χ3n) is 3.77. The van der Waals surface area contributed by atoms with Crippen molar-refractivity contribution in [2.75, 3.05) is 0 Å². The van der Waals surface area contributed by atoms with Gasteiger partial charge < -0.3 is 4.98 Å². The molecule has 3 aromatic rings. The van der Waals surface area contributed by atoms with Crippen molar-refractivity contribution in [2.45, 2.75) is 18.2 Å². The number of aromatic amines is 1. The molecule has 1 heterocycles. The van der Waals surface area contributed by atoms with Gasteiger partial charge in [0.05, 0.1) is 0 Å². The Morgan fingerprint density at radius 1 is 1.09 bits per heavy atom. The van der Waals surface area contributed by atoms with Gasteiger partial charge in [0.1, 0.15) is 4.90 Å². The summed E-state index contributed by atoms with van der Waals surface area (Å²) in [6, 6.07) is 13.4. The zero-order valence-corrected chi connectivity index (χ0v) is 13.2. The minimum Gasteiger partial charge on any atom is -0.322 e. The van der Waals surface area contributed by atoms with Crippen LogP contribution in [0.5, 0.6) is 0 Å². The van der Waals surface area contributed by atoms with E-state index in [2.05, 4.69) is 4.98 Å². The summed E-state index contributed by atoms with van der Waals surface area (Å²) in [4.78, 5) is 14.1. The fourth-order valence-electron chi connectivity index (χ4n) is 2.63. The van der Waals surface area contributed by atoms with Crippen LogP contribution in [0.25, 0.3) is 10.9 Å². The number of nitrogens with one attached hydrogen (secondary N) is 1. The third-order valence-corrected chi connectivity index (χ3v) is 4.68. The topological polar surface area (TPSA) is 67.0 Å². The molecule has 3 rings (SSSR count). The average molecular weight is 331 g/mol. The molecule has 1 aromatic heterocycles. The molecule has 23 heavy (non-hydrogen) atoms. The van der Waals surface area contributed by atoms with Crippen molar-refractivity contribution in [3.05, 3.63) is 75.6 Å². The maximum Gasteiger partial charge on any atom is 0.332 e. The zero-order chi connectivity index (χ0) is 16.6. The lowest BCUT2D eigenvalue weighted by Crippen LogP contribution is -2.10. The Morgan fingerprint density at radius 3 is 2.43 bits per heavy atom. The van der Waals surface area contributed by atoms with Crippen LogP contribution in [0, 0.1) is 6.92 Å². The van der Waals surface area contributed by atoms with Crippen molar-refractivity contribution in [1.82, 2.24) is 4.98 Å². The quantitative estimate of drug-likeness (QED) is 0.750. The lowest BCUT2D eigenvalue weighted by molar-refractivity contribution is 0.551. The van der Waals surface area contributed by atoms with Gasteiger partial charge in [-0.3, -0.25) is 4.79 Å². The Balaban J connectivity index is 2.34. The summed E-state index contributed by atoms with van der Waals surface area (Å²) in [6.45, 7) is 1.63. The van der Waals surface area contributed by atoms with Gasteiger partial charge in [0.25, 0.3) is 5.56 Å². The number of pyridine rings is 1. The first-order valence-electron chi connectivity index (χ1n) is 7.00. The molecule has 1 N–H and O–H groups in total. The van der Waals surface area contributed by atoms with E-state index in [0.29, 0.717) is 22.0 Å². The standard InChI is InChI=1S/C17H14FNO3S/c1-11-9-13-14(10-12-5-3-2-4-6-12)16(23(18,21)22)8-7-15(13)19-17(11)20/h2-9H,10H2,1H3,(H,19,20). The Labute approximate surface area is 132 Å². The molecule has 6 heteroatoms. The van der Waals surface area contributed by atoms with Gasteiger partial charge in [0.15, 0.2) is 0 Å². The molecule has 118 valence electrons. The second-order valence-corrected chi connectivity index (χ2v) is 6.70. The summed E-state index contributed by atoms with van der Waals surface area (Å²) < 4.78 is 36.7. The predicted molar refractivity (Wildman–Crippen MR) is 86.8 cm³/mol. The highest BCUT2D eigenvalue weighted by Gasteiger charge is 2.20. The molecule has 0 aliphatic heterocycles. The fraction of sp³-hybridized carbons (Fsp3) is 0.118. The normalized spacial score (nSPS) is 11.7. The predicted octanol–water partition coefficient (Wildman–Crippen LogP) is 3.09. The van der Waals surface area contributed by atoms with Crippen LogP contribution in [-0.4, -0.2) is 13.4 Å². The summed E-state index contributed by atoms with van der Waals surface area (Å²) in [7, 11) is -4.86. The van der Waals surface area contributed by atoms with E-state index in [9.17, 15) is 17.1 Å². The van der Waals surface area contributed by atoms with Crippen LogP contribution in [-0.2, 0) is 16.6 Å². The van der Waals surface area contributed by atoms with Crippen LogP contribution in [0.15, 0.2) is 58.2 Å². The molecule has 0 fully saturated rings. The molecule has 0 amide bonds. The molecule has 0 aliphatic rings. The maximum atomic E-state index is 13.7. The van der Waals surface area contributed by atoms with Crippen molar-refractivity contribution >= 4 is 21.1 Å². The lowest BCUT2D eigenvalue weighted by atomic mass is 9.99. The molecule has 0 radical (unpaired) electrons. The van der Waals surface area contributed by atoms with Crippen molar-refractivity contribution in [3.63, 3.8) is 0 Å². The molecule has 0 atom stereocenters. The van der Waals surface area contributed by atoms with E-state index in [1.54, 1.807) is 13.0 Å². The number of hydrogen-bond acceptors (Lipinski definition) is 3. The van der Waals surface area contributed by atoms with E-state index in [-0.39, 0.29) is 16.9 Å². The smallest absolute Gasteiger partial charge is 0.322 e. The molecular weight excluding hydrogens is 317 g/mol. The highest BCUT2D eigenvalue weighted by molar-refractivity contribution is 7.86. The Kier molecular flexibility index (Phi) is 3.77. The summed E-state index contributed by atoms with van der Waals surface area (Å²) >= 11 is 0. The van der Waals surface area contributed by atoms with Crippen LogP contribution in [0.4, 0.5) is 3.89 Å². The van der Waals surface area contributed by atoms with Gasteiger partial charge in [-0.2, -0.15) is 8.42 Å². The maximum absolute atomic E-state index is 13.7. The number of aromatic nitrogens is 1. The lowest BCUT2D eigenvalue weighted by Gasteiger charge is -2.11. The molecular formula is C17H14FNO3S. The molecule has 0 saturated heterocycles. The van der Waals surface area contributed by atoms with Gasteiger partial charge in [-0.15, -0.1) is 3.89 Å². The Morgan fingerprint density at radius 2 is 1.78 bits per heavy atom. The molecule has 0 saturated carbocycles. The fourth-order valence-corrected chi connectivity index (χ4v) is 3.34. The van der Waals surface area contributed by atoms with Crippen molar-refractivity contribution in [3.8, 4) is 0 Å². The summed E-state index contributed by atoms with van der Waals surface area (Å²) in [5.74, 6) is 0. The largest absolute Gasteiger partial charge is 0.332 e. The Hall–Kier alpha value is -2.47. The third kappa shape index (κ3) is 3.03. The summed E-state index contributed by atoms with van der Waals surface area (Å²) in [6.07, 6.45) is 0.252. The first-order valence-corrected chi connectivity index (χ1v) is 8.39. The van der Waals surface area contributed by atoms with Crippen LogP contribution in [0.2, 0.25) is 0 Å². The molecule has 4 nitrogen and oxygen atoms in total. The van der Waals surface area contributed by atoms with E-state index in [4.69, 9.17) is 0 Å². The Bertz CT molecular complexity index is 1040. The number of fused-ring (bicyclic) bond motifs is 1. The van der Waals surface area contributed by atoms with E-state index >= 15 is 0 Å². The van der Waals surface area contributed by atoms with Gasteiger partial charge in [-0.25, -0.2) is 0 Å². The van der Waals surface area contributed by atoms with E-state index in [0.717, 1.165) is 5.56 Å². The van der Waals surface area contributed by atoms with Crippen molar-refractivity contribution < 1.29 is 12.3 Å². The highest BCUT2D eigenvalue weighted by Crippen LogP contribution is 2.28. The van der Waals surface area contributed by atoms with Crippen LogP contribution in [0.3, 0.4) is 0 Å². The molecule has 0 unspecified atom stereocenters. The first-order chi connectivity index (χ1) is 10.9. The number of halogens is 1. The first kappa shape index (κ1) is 15.4. The zero-order valence-electron chi connectivity index (χ0n) is 12.3. The van der Waals surface area contributed by atoms with Crippen molar-refractivity contribution in [1.29, 1.82) is 0 Å². The average Bonchev–Trinajstić information content (AvgIpc) is 2.49. The number of hydrogen-bond donors (Lipinski definition) is 1. The number of H-pyrrole nitrogens is 1. The van der Waals surface area contributed by atoms with E-state index in [1.807, 2.05) is 30.3 Å². The van der Waals surface area contributed by atoms with Crippen molar-refractivity contribution in [2.24, 2.45) is 0 Å². The summed E-state index contributed by atoms with van der Waals surface area (Å²) in [5, 5.41) is 0.532. The van der Waals surface area contributed by atoms with Gasteiger partial charge >= 0.3 is 10.2 Å². The SMILES string of the molecule is Cc1cc2c(Cc3ccccc3)c(S(=O)(=O)F)ccc2[nH]c1=O. The van der Waals surface area contributed by atoms with Crippen LogP contribution < -0.4 is 5.56 Å². The number of aryl methyl sites for hydroxylation is 1. The van der Waals surface area contributed by atoms with E-state index < -0.39 is 10.2 Å². The molecule has 2 aromatic carbocycles. The van der Waals surface area contributed by atoms with E-state index in [1.165, 1.54) is 12.1 Å².